The fourth-order valence-electron chi connectivity index (χ4n) is 4.65. The number of hydrogen-bond acceptors (Lipinski definition) is 4. The van der Waals surface area contributed by atoms with Crippen LogP contribution in [0.2, 0.25) is 0 Å². The molecule has 176 valence electrons. The molecule has 1 aliphatic carbocycles. The van der Waals surface area contributed by atoms with E-state index >= 15 is 0 Å². The third-order valence-electron chi connectivity index (χ3n) is 6.85. The lowest BCUT2D eigenvalue weighted by molar-refractivity contribution is -0.130. The second-order valence-corrected chi connectivity index (χ2v) is 9.20. The third kappa shape index (κ3) is 5.67. The molecule has 4 rings (SSSR count). The Balaban J connectivity index is 1.40. The average Bonchev–Trinajstić information content (AvgIpc) is 3.68. The number of rotatable bonds is 8. The lowest BCUT2D eigenvalue weighted by Gasteiger charge is -2.31. The Morgan fingerprint density at radius 3 is 2.18 bits per heavy atom. The lowest BCUT2D eigenvalue weighted by atomic mass is 9.90. The Bertz CT molecular complexity index is 976. The summed E-state index contributed by atoms with van der Waals surface area (Å²) in [6, 6.07) is 14.3. The number of amides is 2. The second-order valence-electron chi connectivity index (χ2n) is 9.20. The van der Waals surface area contributed by atoms with Crippen molar-refractivity contribution >= 4 is 11.8 Å². The van der Waals surface area contributed by atoms with Gasteiger partial charge in [-0.1, -0.05) is 24.3 Å². The van der Waals surface area contributed by atoms with Crippen molar-refractivity contribution in [2.45, 2.75) is 51.6 Å². The summed E-state index contributed by atoms with van der Waals surface area (Å²) >= 11 is 0. The third-order valence-corrected chi connectivity index (χ3v) is 6.85. The van der Waals surface area contributed by atoms with Crippen molar-refractivity contribution in [3.8, 4) is 11.5 Å². The van der Waals surface area contributed by atoms with Crippen molar-refractivity contribution in [1.29, 1.82) is 0 Å². The maximum absolute atomic E-state index is 13.4. The maximum Gasteiger partial charge on any atom is 0.258 e. The van der Waals surface area contributed by atoms with Gasteiger partial charge in [-0.05, 0) is 61.3 Å². The molecular formula is C27H34N2O4. The van der Waals surface area contributed by atoms with Gasteiger partial charge in [-0.2, -0.15) is 0 Å². The summed E-state index contributed by atoms with van der Waals surface area (Å²) in [4.78, 5) is 28.8. The minimum Gasteiger partial charge on any atom is -0.497 e. The van der Waals surface area contributed by atoms with Gasteiger partial charge in [0.2, 0.25) is 5.91 Å². The van der Waals surface area contributed by atoms with Crippen molar-refractivity contribution in [2.24, 2.45) is 5.92 Å². The normalized spacial score (nSPS) is 16.4. The number of carbonyl (C=O) groups is 2. The van der Waals surface area contributed by atoms with Crippen molar-refractivity contribution in [2.75, 3.05) is 27.3 Å². The molecule has 1 aliphatic heterocycles. The summed E-state index contributed by atoms with van der Waals surface area (Å²) < 4.78 is 10.7. The van der Waals surface area contributed by atoms with Gasteiger partial charge in [0.1, 0.15) is 11.5 Å². The number of ether oxygens (including phenoxy) is 2. The predicted octanol–water partition coefficient (Wildman–Crippen LogP) is 4.31. The first-order valence-electron chi connectivity index (χ1n) is 11.8. The van der Waals surface area contributed by atoms with Crippen molar-refractivity contribution < 1.29 is 19.1 Å². The van der Waals surface area contributed by atoms with E-state index in [0.717, 1.165) is 50.8 Å². The van der Waals surface area contributed by atoms with Crippen LogP contribution in [0.25, 0.3) is 0 Å². The van der Waals surface area contributed by atoms with Crippen LogP contribution in [0.15, 0.2) is 42.5 Å². The first-order valence-corrected chi connectivity index (χ1v) is 11.8. The molecule has 0 unspecified atom stereocenters. The Labute approximate surface area is 196 Å². The van der Waals surface area contributed by atoms with E-state index in [1.165, 1.54) is 5.56 Å². The SMILES string of the molecule is COc1ccc(C(=O)N(Cc2ccc(CC3CCN(C(C)=O)CC3)cc2)C2CC2)c(OC)c1. The van der Waals surface area contributed by atoms with E-state index < -0.39 is 0 Å². The molecule has 2 aromatic rings. The number of hydrogen-bond donors (Lipinski definition) is 0. The van der Waals surface area contributed by atoms with Crippen LogP contribution < -0.4 is 9.47 Å². The molecule has 0 radical (unpaired) electrons. The van der Waals surface area contributed by atoms with E-state index in [2.05, 4.69) is 24.3 Å². The van der Waals surface area contributed by atoms with E-state index in [9.17, 15) is 9.59 Å². The van der Waals surface area contributed by atoms with Gasteiger partial charge < -0.3 is 19.3 Å². The zero-order valence-corrected chi connectivity index (χ0v) is 19.9. The molecule has 6 heteroatoms. The van der Waals surface area contributed by atoms with Crippen LogP contribution >= 0.6 is 0 Å². The van der Waals surface area contributed by atoms with Crippen molar-refractivity contribution in [3.63, 3.8) is 0 Å². The van der Waals surface area contributed by atoms with Crippen LogP contribution in [-0.4, -0.2) is 55.0 Å². The Kier molecular flexibility index (Phi) is 7.21. The number of likely N-dealkylation sites (tertiary alicyclic amines) is 1. The topological polar surface area (TPSA) is 59.1 Å². The molecular weight excluding hydrogens is 416 g/mol. The van der Waals surface area contributed by atoms with E-state index in [1.54, 1.807) is 39.3 Å². The molecule has 0 aromatic heterocycles. The molecule has 0 spiro atoms. The molecule has 2 aromatic carbocycles. The highest BCUT2D eigenvalue weighted by Gasteiger charge is 2.34. The smallest absolute Gasteiger partial charge is 0.258 e. The van der Waals surface area contributed by atoms with Crippen molar-refractivity contribution in [3.05, 3.63) is 59.2 Å². The molecule has 2 amide bonds. The quantitative estimate of drug-likeness (QED) is 0.601. The predicted molar refractivity (Wildman–Crippen MR) is 128 cm³/mol. The van der Waals surface area contributed by atoms with Gasteiger partial charge >= 0.3 is 0 Å². The van der Waals surface area contributed by atoms with Crippen LogP contribution in [0.4, 0.5) is 0 Å². The second kappa shape index (κ2) is 10.3. The average molecular weight is 451 g/mol. The number of piperidine rings is 1. The minimum absolute atomic E-state index is 0.00156. The Morgan fingerprint density at radius 2 is 1.61 bits per heavy atom. The van der Waals surface area contributed by atoms with E-state index in [-0.39, 0.29) is 17.9 Å². The molecule has 2 aliphatic rings. The van der Waals surface area contributed by atoms with E-state index in [0.29, 0.717) is 29.5 Å². The summed E-state index contributed by atoms with van der Waals surface area (Å²) in [5.74, 6) is 2.01. The number of benzene rings is 2. The van der Waals surface area contributed by atoms with Gasteiger partial charge in [0.25, 0.3) is 5.91 Å². The van der Waals surface area contributed by atoms with E-state index in [1.807, 2.05) is 9.80 Å². The van der Waals surface area contributed by atoms with Gasteiger partial charge in [-0.25, -0.2) is 0 Å². The van der Waals surface area contributed by atoms with Gasteiger partial charge in [0.05, 0.1) is 19.8 Å². The summed E-state index contributed by atoms with van der Waals surface area (Å²) in [5.41, 5.74) is 3.03. The summed E-state index contributed by atoms with van der Waals surface area (Å²) in [6.45, 7) is 3.98. The molecule has 0 N–H and O–H groups in total. The molecule has 0 bridgehead atoms. The van der Waals surface area contributed by atoms with Crippen LogP contribution in [-0.2, 0) is 17.8 Å². The van der Waals surface area contributed by atoms with E-state index in [4.69, 9.17) is 9.47 Å². The maximum atomic E-state index is 13.4. The molecule has 1 saturated heterocycles. The number of carbonyl (C=O) groups excluding carboxylic acids is 2. The highest BCUT2D eigenvalue weighted by molar-refractivity contribution is 5.97. The van der Waals surface area contributed by atoms with Crippen molar-refractivity contribution in [1.82, 2.24) is 9.80 Å². The summed E-state index contributed by atoms with van der Waals surface area (Å²) in [5, 5.41) is 0. The molecule has 1 heterocycles. The van der Waals surface area contributed by atoms with Gasteiger partial charge in [0.15, 0.2) is 0 Å². The minimum atomic E-state index is -0.00156. The van der Waals surface area contributed by atoms with Crippen LogP contribution in [0.1, 0.15) is 54.1 Å². The fraction of sp³-hybridized carbons (Fsp3) is 0.481. The molecule has 0 atom stereocenters. The van der Waals surface area contributed by atoms with Gasteiger partial charge in [0, 0.05) is 38.7 Å². The molecule has 33 heavy (non-hydrogen) atoms. The first kappa shape index (κ1) is 23.1. The Morgan fingerprint density at radius 1 is 0.939 bits per heavy atom. The monoisotopic (exact) mass is 450 g/mol. The largest absolute Gasteiger partial charge is 0.497 e. The number of methoxy groups -OCH3 is 2. The Hall–Kier alpha value is -3.02. The first-order chi connectivity index (χ1) is 16.0. The zero-order valence-electron chi connectivity index (χ0n) is 19.9. The van der Waals surface area contributed by atoms with Crippen LogP contribution in [0.3, 0.4) is 0 Å². The fourth-order valence-corrected chi connectivity index (χ4v) is 4.65. The highest BCUT2D eigenvalue weighted by atomic mass is 16.5. The standard InChI is InChI=1S/C27H34N2O4/c1-19(30)28-14-12-21(13-15-28)16-20-4-6-22(7-5-20)18-29(23-8-9-23)27(31)25-11-10-24(32-2)17-26(25)33-3/h4-7,10-11,17,21,23H,8-9,12-16,18H2,1-3H3. The van der Waals surface area contributed by atoms with Crippen LogP contribution in [0, 0.1) is 5.92 Å². The molecule has 6 nitrogen and oxygen atoms in total. The number of nitrogens with zero attached hydrogens (tertiary/aromatic N) is 2. The van der Waals surface area contributed by atoms with Gasteiger partial charge in [-0.3, -0.25) is 9.59 Å². The highest BCUT2D eigenvalue weighted by Crippen LogP contribution is 2.33. The molecule has 2 fully saturated rings. The van der Waals surface area contributed by atoms with Gasteiger partial charge in [-0.15, -0.1) is 0 Å². The lowest BCUT2D eigenvalue weighted by Crippen LogP contribution is -2.37. The summed E-state index contributed by atoms with van der Waals surface area (Å²) in [7, 11) is 3.18. The molecule has 1 saturated carbocycles. The summed E-state index contributed by atoms with van der Waals surface area (Å²) in [6.07, 6.45) is 5.26. The van der Waals surface area contributed by atoms with Crippen LogP contribution in [0.5, 0.6) is 11.5 Å². The zero-order chi connectivity index (χ0) is 23.4.